The number of ether oxygens (including phenoxy) is 1. The van der Waals surface area contributed by atoms with Crippen molar-refractivity contribution in [2.75, 3.05) is 6.61 Å². The molecule has 1 aromatic heterocycles. The molecule has 1 aliphatic heterocycles. The van der Waals surface area contributed by atoms with E-state index in [9.17, 15) is 10.1 Å². The van der Waals surface area contributed by atoms with Crippen LogP contribution in [0.2, 0.25) is 0 Å². The van der Waals surface area contributed by atoms with Crippen LogP contribution in [-0.2, 0) is 4.79 Å². The van der Waals surface area contributed by atoms with E-state index in [4.69, 9.17) is 4.74 Å². The molecule has 1 aliphatic carbocycles. The van der Waals surface area contributed by atoms with Gasteiger partial charge in [-0.2, -0.15) is 5.26 Å². The van der Waals surface area contributed by atoms with E-state index in [1.165, 1.54) is 18.0 Å². The van der Waals surface area contributed by atoms with Gasteiger partial charge in [0.15, 0.2) is 5.17 Å². The zero-order valence-electron chi connectivity index (χ0n) is 14.2. The number of hydrogen-bond acceptors (Lipinski definition) is 6. The van der Waals surface area contributed by atoms with Gasteiger partial charge in [-0.25, -0.2) is 0 Å². The van der Waals surface area contributed by atoms with Crippen LogP contribution in [0.15, 0.2) is 34.3 Å². The number of rotatable bonds is 4. The number of amides is 1. The van der Waals surface area contributed by atoms with Crippen LogP contribution in [-0.4, -0.2) is 28.7 Å². The molecule has 0 radical (unpaired) electrons. The van der Waals surface area contributed by atoms with Crippen molar-refractivity contribution in [1.82, 2.24) is 10.3 Å². The Labute approximate surface area is 155 Å². The van der Waals surface area contributed by atoms with E-state index in [0.29, 0.717) is 34.0 Å². The third-order valence-corrected chi connectivity index (χ3v) is 4.97. The highest BCUT2D eigenvalue weighted by Gasteiger charge is 2.28. The maximum absolute atomic E-state index is 12.2. The van der Waals surface area contributed by atoms with Gasteiger partial charge in [-0.05, 0) is 55.3 Å². The summed E-state index contributed by atoms with van der Waals surface area (Å²) in [5.41, 5.74) is 1.99. The smallest absolute Gasteiger partial charge is 0.264 e. The number of aliphatic imine (C=N–C) groups is 1. The predicted molar refractivity (Wildman–Crippen MR) is 102 cm³/mol. The van der Waals surface area contributed by atoms with Crippen molar-refractivity contribution in [1.29, 1.82) is 5.26 Å². The maximum Gasteiger partial charge on any atom is 0.264 e. The van der Waals surface area contributed by atoms with Gasteiger partial charge >= 0.3 is 0 Å². The normalized spacial score (nSPS) is 19.8. The molecular formula is C19H16N4O2S. The van der Waals surface area contributed by atoms with Crippen LogP contribution in [0.3, 0.4) is 0 Å². The van der Waals surface area contributed by atoms with Crippen LogP contribution in [0.4, 0.5) is 0 Å². The lowest BCUT2D eigenvalue weighted by Gasteiger charge is -2.09. The predicted octanol–water partition coefficient (Wildman–Crippen LogP) is 3.23. The van der Waals surface area contributed by atoms with Gasteiger partial charge in [-0.3, -0.25) is 14.8 Å². The van der Waals surface area contributed by atoms with Crippen molar-refractivity contribution < 1.29 is 9.53 Å². The summed E-state index contributed by atoms with van der Waals surface area (Å²) in [7, 11) is 0. The first-order valence-electron chi connectivity index (χ1n) is 8.42. The fraction of sp³-hybridized carbons (Fsp3) is 0.263. The summed E-state index contributed by atoms with van der Waals surface area (Å²) in [6.45, 7) is 2.33. The highest BCUT2D eigenvalue weighted by Crippen LogP contribution is 2.33. The van der Waals surface area contributed by atoms with E-state index < -0.39 is 0 Å². The molecule has 6 nitrogen and oxygen atoms in total. The fourth-order valence-electron chi connectivity index (χ4n) is 2.66. The number of hydrogen-bond donors (Lipinski definition) is 1. The molecule has 2 aliphatic rings. The summed E-state index contributed by atoms with van der Waals surface area (Å²) < 4.78 is 5.67. The number of amidine groups is 1. The first kappa shape index (κ1) is 16.6. The Morgan fingerprint density at radius 1 is 1.50 bits per heavy atom. The molecule has 7 heteroatoms. The number of pyridine rings is 1. The van der Waals surface area contributed by atoms with Crippen molar-refractivity contribution in [3.63, 3.8) is 0 Å². The topological polar surface area (TPSA) is 87.4 Å². The molecule has 1 saturated carbocycles. The number of carbonyl (C=O) groups excluding carboxylic acids is 1. The number of carbonyl (C=O) groups is 1. The molecule has 2 aromatic rings. The summed E-state index contributed by atoms with van der Waals surface area (Å²) in [4.78, 5) is 21.6. The second-order valence-corrected chi connectivity index (χ2v) is 7.08. The minimum Gasteiger partial charge on any atom is -0.492 e. The van der Waals surface area contributed by atoms with Gasteiger partial charge in [0.1, 0.15) is 17.4 Å². The van der Waals surface area contributed by atoms with E-state index >= 15 is 0 Å². The number of aromatic nitrogens is 1. The summed E-state index contributed by atoms with van der Waals surface area (Å²) in [6, 6.07) is 8.13. The molecule has 0 bridgehead atoms. The monoisotopic (exact) mass is 364 g/mol. The van der Waals surface area contributed by atoms with Gasteiger partial charge in [-0.1, -0.05) is 6.07 Å². The lowest BCUT2D eigenvalue weighted by molar-refractivity contribution is -0.115. The largest absolute Gasteiger partial charge is 0.492 e. The molecule has 1 saturated heterocycles. The average Bonchev–Trinajstić information content (AvgIpc) is 3.39. The molecule has 0 spiro atoms. The molecule has 4 rings (SSSR count). The van der Waals surface area contributed by atoms with Gasteiger partial charge in [0.25, 0.3) is 5.91 Å². The number of benzene rings is 1. The van der Waals surface area contributed by atoms with E-state index in [0.717, 1.165) is 29.3 Å². The summed E-state index contributed by atoms with van der Waals surface area (Å²) >= 11 is 1.36. The third-order valence-electron chi connectivity index (χ3n) is 4.05. The van der Waals surface area contributed by atoms with Crippen molar-refractivity contribution in [2.24, 2.45) is 4.99 Å². The van der Waals surface area contributed by atoms with Crippen LogP contribution >= 0.6 is 11.8 Å². The molecule has 2 heterocycles. The SMILES string of the molecule is CCOc1c(C#N)cnc2ccc(C=C3SC(=NC4CC4)NC3=O)cc12. The zero-order valence-corrected chi connectivity index (χ0v) is 15.0. The van der Waals surface area contributed by atoms with Gasteiger partial charge < -0.3 is 10.1 Å². The number of nitrogens with zero attached hydrogens (tertiary/aromatic N) is 3. The van der Waals surface area contributed by atoms with Crippen LogP contribution in [0.1, 0.15) is 30.9 Å². The summed E-state index contributed by atoms with van der Waals surface area (Å²) in [5, 5.41) is 13.5. The van der Waals surface area contributed by atoms with E-state index in [1.807, 2.05) is 31.2 Å². The molecule has 1 N–H and O–H groups in total. The Hall–Kier alpha value is -2.85. The number of nitrogens with one attached hydrogen (secondary N) is 1. The van der Waals surface area contributed by atoms with Crippen molar-refractivity contribution >= 4 is 39.8 Å². The zero-order chi connectivity index (χ0) is 18.1. The highest BCUT2D eigenvalue weighted by molar-refractivity contribution is 8.18. The number of thioether (sulfide) groups is 1. The number of nitriles is 1. The standard InChI is InChI=1S/C19H16N4O2S/c1-2-25-17-12(9-20)10-21-15-6-3-11(7-14(15)17)8-16-18(24)23-19(26-16)22-13-4-5-13/h3,6-8,10,13H,2,4-5H2,1H3,(H,22,23,24). The Bertz CT molecular complexity index is 1000. The molecule has 1 aromatic carbocycles. The van der Waals surface area contributed by atoms with Crippen molar-refractivity contribution in [3.8, 4) is 11.8 Å². The van der Waals surface area contributed by atoms with Crippen LogP contribution in [0, 0.1) is 11.3 Å². The van der Waals surface area contributed by atoms with E-state index in [2.05, 4.69) is 21.4 Å². The Morgan fingerprint density at radius 2 is 2.35 bits per heavy atom. The van der Waals surface area contributed by atoms with E-state index in [1.54, 1.807) is 0 Å². The maximum atomic E-state index is 12.2. The second-order valence-electron chi connectivity index (χ2n) is 6.05. The van der Waals surface area contributed by atoms with Crippen LogP contribution in [0.5, 0.6) is 5.75 Å². The quantitative estimate of drug-likeness (QED) is 0.842. The summed E-state index contributed by atoms with van der Waals surface area (Å²) in [5.74, 6) is 0.392. The molecule has 26 heavy (non-hydrogen) atoms. The Balaban J connectivity index is 1.72. The fourth-order valence-corrected chi connectivity index (χ4v) is 3.56. The van der Waals surface area contributed by atoms with Crippen molar-refractivity contribution in [2.45, 2.75) is 25.8 Å². The molecule has 0 unspecified atom stereocenters. The molecular weight excluding hydrogens is 348 g/mol. The molecule has 1 amide bonds. The van der Waals surface area contributed by atoms with Gasteiger partial charge in [-0.15, -0.1) is 0 Å². The van der Waals surface area contributed by atoms with Gasteiger partial charge in [0, 0.05) is 11.6 Å². The Morgan fingerprint density at radius 3 is 3.08 bits per heavy atom. The highest BCUT2D eigenvalue weighted by atomic mass is 32.2. The lowest BCUT2D eigenvalue weighted by Crippen LogP contribution is -2.20. The molecule has 0 atom stereocenters. The van der Waals surface area contributed by atoms with Crippen molar-refractivity contribution in [3.05, 3.63) is 40.4 Å². The van der Waals surface area contributed by atoms with Gasteiger partial charge in [0.05, 0.1) is 23.1 Å². The second kappa shape index (κ2) is 6.81. The molecule has 130 valence electrons. The molecule has 2 fully saturated rings. The first-order chi connectivity index (χ1) is 12.7. The van der Waals surface area contributed by atoms with Crippen LogP contribution < -0.4 is 10.1 Å². The minimum absolute atomic E-state index is 0.136. The van der Waals surface area contributed by atoms with E-state index in [-0.39, 0.29) is 5.91 Å². The third kappa shape index (κ3) is 3.28. The Kier molecular flexibility index (Phi) is 4.35. The van der Waals surface area contributed by atoms with Gasteiger partial charge in [0.2, 0.25) is 0 Å². The van der Waals surface area contributed by atoms with Crippen LogP contribution in [0.25, 0.3) is 17.0 Å². The average molecular weight is 364 g/mol. The number of fused-ring (bicyclic) bond motifs is 1. The first-order valence-corrected chi connectivity index (χ1v) is 9.24. The lowest BCUT2D eigenvalue weighted by atomic mass is 10.1. The minimum atomic E-state index is -0.136. The summed E-state index contributed by atoms with van der Waals surface area (Å²) in [6.07, 6.45) is 5.53.